The van der Waals surface area contributed by atoms with E-state index >= 15 is 0 Å². The Balaban J connectivity index is 0.00000192. The van der Waals surface area contributed by atoms with Gasteiger partial charge in [-0.2, -0.15) is 22.8 Å². The van der Waals surface area contributed by atoms with E-state index in [1.165, 1.54) is 0 Å². The van der Waals surface area contributed by atoms with Gasteiger partial charge in [0.1, 0.15) is 6.54 Å². The largest absolute Gasteiger partial charge is 1.00 e. The molecule has 0 spiro atoms. The lowest BCUT2D eigenvalue weighted by Gasteiger charge is -2.00. The molecule has 0 aliphatic carbocycles. The third kappa shape index (κ3) is 3.82. The predicted octanol–water partition coefficient (Wildman–Crippen LogP) is 0.336. The van der Waals surface area contributed by atoms with Crippen LogP contribution in [0.25, 0.3) is 15.5 Å². The van der Waals surface area contributed by atoms with Crippen molar-refractivity contribution in [3.05, 3.63) is 28.8 Å². The number of alkyl halides is 3. The summed E-state index contributed by atoms with van der Waals surface area (Å²) in [5.74, 6) is -1.11. The van der Waals surface area contributed by atoms with Crippen molar-refractivity contribution in [2.75, 3.05) is 0 Å². The Bertz CT molecular complexity index is 832. The summed E-state index contributed by atoms with van der Waals surface area (Å²) in [6.45, 7) is 2.86. The molecule has 0 aliphatic heterocycles. The number of pyridine rings is 1. The minimum absolute atomic E-state index is 0. The summed E-state index contributed by atoms with van der Waals surface area (Å²) in [7, 11) is 0. The van der Waals surface area contributed by atoms with Crippen LogP contribution in [0, 0.1) is 0 Å². The average Bonchev–Trinajstić information content (AvgIpc) is 2.96. The average molecular weight is 520 g/mol. The lowest BCUT2D eigenvalue weighted by atomic mass is 10.3. The van der Waals surface area contributed by atoms with E-state index in [4.69, 9.17) is 0 Å². The van der Waals surface area contributed by atoms with E-state index in [-0.39, 0.29) is 28.9 Å². The molecule has 0 aliphatic rings. The molecule has 0 radical (unpaired) electrons. The SMILES string of the molecule is CCC[n+]1cc(Br)cc(-c2nn3c(C(F)(F)F)nnc3s2)c1.[I-]. The molecule has 5 nitrogen and oxygen atoms in total. The fourth-order valence-corrected chi connectivity index (χ4v) is 3.34. The second-order valence-corrected chi connectivity index (χ2v) is 6.48. The molecule has 0 saturated carbocycles. The maximum atomic E-state index is 12.8. The molecule has 0 atom stereocenters. The first-order chi connectivity index (χ1) is 10.4. The van der Waals surface area contributed by atoms with E-state index < -0.39 is 12.0 Å². The number of hydrogen-bond acceptors (Lipinski definition) is 4. The van der Waals surface area contributed by atoms with Gasteiger partial charge < -0.3 is 24.0 Å². The summed E-state index contributed by atoms with van der Waals surface area (Å²) >= 11 is 4.47. The fourth-order valence-electron chi connectivity index (χ4n) is 2.01. The predicted molar refractivity (Wildman–Crippen MR) is 77.3 cm³/mol. The molecular formula is C12H10BrF3IN5S. The Labute approximate surface area is 158 Å². The number of hydrogen-bond donors (Lipinski definition) is 0. The van der Waals surface area contributed by atoms with Gasteiger partial charge in [0, 0.05) is 6.42 Å². The molecule has 3 aromatic rings. The monoisotopic (exact) mass is 519 g/mol. The highest BCUT2D eigenvalue weighted by Crippen LogP contribution is 2.31. The molecule has 124 valence electrons. The Morgan fingerprint density at radius 2 is 2.04 bits per heavy atom. The molecule has 0 N–H and O–H groups in total. The molecule has 0 unspecified atom stereocenters. The zero-order valence-corrected chi connectivity index (χ0v) is 16.2. The quantitative estimate of drug-likeness (QED) is 0.370. The van der Waals surface area contributed by atoms with Gasteiger partial charge in [-0.25, -0.2) is 4.57 Å². The summed E-state index contributed by atoms with van der Waals surface area (Å²) in [6, 6.07) is 1.81. The van der Waals surface area contributed by atoms with Crippen LogP contribution in [-0.4, -0.2) is 19.8 Å². The van der Waals surface area contributed by atoms with Gasteiger partial charge in [0.25, 0.3) is 5.82 Å². The van der Waals surface area contributed by atoms with Gasteiger partial charge >= 0.3 is 6.18 Å². The number of halogens is 5. The van der Waals surface area contributed by atoms with Crippen molar-refractivity contribution in [1.29, 1.82) is 0 Å². The molecule has 3 rings (SSSR count). The van der Waals surface area contributed by atoms with E-state index in [2.05, 4.69) is 31.2 Å². The molecule has 11 heteroatoms. The number of rotatable bonds is 3. The lowest BCUT2D eigenvalue weighted by molar-refractivity contribution is -0.697. The van der Waals surface area contributed by atoms with E-state index in [1.807, 2.05) is 30.0 Å². The van der Waals surface area contributed by atoms with E-state index in [1.54, 1.807) is 0 Å². The van der Waals surface area contributed by atoms with Gasteiger partial charge in [0.05, 0.1) is 10.0 Å². The maximum Gasteiger partial charge on any atom is 0.453 e. The molecular weight excluding hydrogens is 510 g/mol. The molecule has 0 bridgehead atoms. The van der Waals surface area contributed by atoms with Crippen LogP contribution in [0.15, 0.2) is 22.9 Å². The third-order valence-electron chi connectivity index (χ3n) is 2.86. The van der Waals surface area contributed by atoms with Crippen molar-refractivity contribution < 1.29 is 41.7 Å². The van der Waals surface area contributed by atoms with Crippen molar-refractivity contribution in [2.24, 2.45) is 0 Å². The first-order valence-corrected chi connectivity index (χ1v) is 7.99. The molecule has 3 aromatic heterocycles. The normalized spacial score (nSPS) is 11.7. The second kappa shape index (κ2) is 6.97. The van der Waals surface area contributed by atoms with Crippen molar-refractivity contribution in [2.45, 2.75) is 26.1 Å². The van der Waals surface area contributed by atoms with Crippen LogP contribution in [0.4, 0.5) is 13.2 Å². The van der Waals surface area contributed by atoms with Crippen LogP contribution in [-0.2, 0) is 12.7 Å². The van der Waals surface area contributed by atoms with Crippen LogP contribution < -0.4 is 28.5 Å². The topological polar surface area (TPSA) is 47.0 Å². The minimum Gasteiger partial charge on any atom is -1.00 e. The molecule has 3 heterocycles. The summed E-state index contributed by atoms with van der Waals surface area (Å²) in [5, 5.41) is 11.2. The Morgan fingerprint density at radius 3 is 2.70 bits per heavy atom. The highest BCUT2D eigenvalue weighted by molar-refractivity contribution is 9.10. The van der Waals surface area contributed by atoms with Gasteiger partial charge in [-0.3, -0.25) is 0 Å². The lowest BCUT2D eigenvalue weighted by Crippen LogP contribution is -3.00. The summed E-state index contributed by atoms with van der Waals surface area (Å²) in [4.78, 5) is 0.115. The molecule has 0 fully saturated rings. The van der Waals surface area contributed by atoms with Gasteiger partial charge in [0.2, 0.25) is 4.96 Å². The molecule has 0 amide bonds. The number of nitrogens with zero attached hydrogens (tertiary/aromatic N) is 5. The number of fused-ring (bicyclic) bond motifs is 1. The molecule has 23 heavy (non-hydrogen) atoms. The van der Waals surface area contributed by atoms with E-state index in [0.29, 0.717) is 5.01 Å². The first kappa shape index (κ1) is 18.5. The van der Waals surface area contributed by atoms with Crippen LogP contribution >= 0.6 is 27.3 Å². The van der Waals surface area contributed by atoms with Crippen LogP contribution in [0.5, 0.6) is 0 Å². The Morgan fingerprint density at radius 1 is 1.30 bits per heavy atom. The van der Waals surface area contributed by atoms with Crippen LogP contribution in [0.2, 0.25) is 0 Å². The smallest absolute Gasteiger partial charge is 0.453 e. The highest BCUT2D eigenvalue weighted by atomic mass is 127. The fraction of sp³-hybridized carbons (Fsp3) is 0.333. The summed E-state index contributed by atoms with van der Waals surface area (Å²) in [5.41, 5.74) is 0.728. The first-order valence-electron chi connectivity index (χ1n) is 6.38. The van der Waals surface area contributed by atoms with Gasteiger partial charge in [-0.1, -0.05) is 18.3 Å². The van der Waals surface area contributed by atoms with Gasteiger partial charge in [-0.05, 0) is 22.0 Å². The standard InChI is InChI=1S/C12H10BrF3N5S.HI/c1-2-3-20-5-7(4-8(13)6-20)9-19-21-10(12(14,15)16)17-18-11(21)22-9;/h4-6H,2-3H2,1H3;1H/q+1;/p-1. The summed E-state index contributed by atoms with van der Waals surface area (Å²) < 4.78 is 42.0. The summed E-state index contributed by atoms with van der Waals surface area (Å²) in [6.07, 6.45) is 0.135. The molecule has 0 aromatic carbocycles. The maximum absolute atomic E-state index is 12.8. The zero-order chi connectivity index (χ0) is 15.9. The van der Waals surface area contributed by atoms with Gasteiger partial charge in [0.15, 0.2) is 17.4 Å². The second-order valence-electron chi connectivity index (χ2n) is 4.60. The van der Waals surface area contributed by atoms with E-state index in [0.717, 1.165) is 38.9 Å². The zero-order valence-electron chi connectivity index (χ0n) is 11.7. The van der Waals surface area contributed by atoms with Crippen LogP contribution in [0.3, 0.4) is 0 Å². The molecule has 0 saturated heterocycles. The number of aryl methyl sites for hydroxylation is 1. The van der Waals surface area contributed by atoms with Crippen molar-refractivity contribution in [3.63, 3.8) is 0 Å². The van der Waals surface area contributed by atoms with Crippen molar-refractivity contribution >= 4 is 32.2 Å². The van der Waals surface area contributed by atoms with Crippen LogP contribution in [0.1, 0.15) is 19.2 Å². The van der Waals surface area contributed by atoms with Crippen molar-refractivity contribution in [3.8, 4) is 10.6 Å². The van der Waals surface area contributed by atoms with Gasteiger partial charge in [-0.15, -0.1) is 10.2 Å². The third-order valence-corrected chi connectivity index (χ3v) is 4.24. The van der Waals surface area contributed by atoms with E-state index in [9.17, 15) is 13.2 Å². The van der Waals surface area contributed by atoms with Crippen molar-refractivity contribution in [1.82, 2.24) is 19.8 Å². The minimum atomic E-state index is -4.58. The Kier molecular flexibility index (Phi) is 5.61. The Hall–Kier alpha value is -0.820. The highest BCUT2D eigenvalue weighted by Gasteiger charge is 2.38. The number of aromatic nitrogens is 5.